The molecule has 0 aromatic carbocycles. The molecule has 0 spiro atoms. The van der Waals surface area contributed by atoms with E-state index in [1.54, 1.807) is 25.6 Å². The molecule has 3 aromatic heterocycles. The van der Waals surface area contributed by atoms with E-state index in [0.717, 1.165) is 43.5 Å². The van der Waals surface area contributed by atoms with E-state index in [1.165, 1.54) is 0 Å². The quantitative estimate of drug-likeness (QED) is 0.713. The lowest BCUT2D eigenvalue weighted by Crippen LogP contribution is -2.47. The molecule has 4 heterocycles. The van der Waals surface area contributed by atoms with Crippen LogP contribution in [0.5, 0.6) is 5.88 Å². The van der Waals surface area contributed by atoms with Crippen molar-refractivity contribution < 1.29 is 9.15 Å². The zero-order valence-corrected chi connectivity index (χ0v) is 13.9. The summed E-state index contributed by atoms with van der Waals surface area (Å²) in [7, 11) is 1.61. The molecule has 0 saturated carbocycles. The fourth-order valence-electron chi connectivity index (χ4n) is 2.78. The maximum absolute atomic E-state index is 5.34. The third-order valence-corrected chi connectivity index (χ3v) is 4.14. The number of furan rings is 1. The molecule has 0 bridgehead atoms. The molecule has 8 nitrogen and oxygen atoms in total. The molecule has 0 unspecified atom stereocenters. The summed E-state index contributed by atoms with van der Waals surface area (Å²) < 4.78 is 10.5. The Labute approximate surface area is 145 Å². The highest BCUT2D eigenvalue weighted by atomic mass is 16.5. The minimum absolute atomic E-state index is 0.576. The van der Waals surface area contributed by atoms with Crippen molar-refractivity contribution in [3.63, 3.8) is 0 Å². The number of methoxy groups -OCH3 is 1. The van der Waals surface area contributed by atoms with Gasteiger partial charge in [0.05, 0.1) is 13.4 Å². The Kier molecular flexibility index (Phi) is 4.16. The number of nitrogens with zero attached hydrogens (tertiary/aromatic N) is 6. The predicted molar refractivity (Wildman–Crippen MR) is 92.7 cm³/mol. The molecule has 1 aliphatic rings. The lowest BCUT2D eigenvalue weighted by molar-refractivity contribution is 0.396. The Morgan fingerprint density at radius 2 is 1.84 bits per heavy atom. The summed E-state index contributed by atoms with van der Waals surface area (Å²) in [5, 5.41) is 8.59. The Hall–Kier alpha value is -3.16. The van der Waals surface area contributed by atoms with E-state index < -0.39 is 0 Å². The van der Waals surface area contributed by atoms with Gasteiger partial charge in [0.15, 0.2) is 11.6 Å². The lowest BCUT2D eigenvalue weighted by atomic mass is 10.3. The van der Waals surface area contributed by atoms with Crippen LogP contribution in [0.15, 0.2) is 47.2 Å². The topological polar surface area (TPSA) is 80.4 Å². The standard InChI is InChI=1S/C17H18N6O2/c1-24-16-6-7-18-17(19-16)23-10-8-22(9-11-23)15-5-4-13(20-21-15)14-3-2-12-25-14/h2-7,12H,8-11H2,1H3. The molecule has 8 heteroatoms. The smallest absolute Gasteiger partial charge is 0.228 e. The summed E-state index contributed by atoms with van der Waals surface area (Å²) in [5.41, 5.74) is 0.733. The van der Waals surface area contributed by atoms with Crippen LogP contribution < -0.4 is 14.5 Å². The average Bonchev–Trinajstić information content (AvgIpc) is 3.23. The number of piperazine rings is 1. The second-order valence-electron chi connectivity index (χ2n) is 5.63. The second kappa shape index (κ2) is 6.76. The van der Waals surface area contributed by atoms with E-state index in [1.807, 2.05) is 24.3 Å². The summed E-state index contributed by atoms with van der Waals surface area (Å²) in [6.45, 7) is 3.29. The van der Waals surface area contributed by atoms with E-state index in [2.05, 4.69) is 30.0 Å². The van der Waals surface area contributed by atoms with Gasteiger partial charge < -0.3 is 19.0 Å². The van der Waals surface area contributed by atoms with Gasteiger partial charge in [-0.2, -0.15) is 4.98 Å². The van der Waals surface area contributed by atoms with Crippen molar-refractivity contribution in [2.45, 2.75) is 0 Å². The van der Waals surface area contributed by atoms with Gasteiger partial charge in [0, 0.05) is 38.4 Å². The van der Waals surface area contributed by atoms with Crippen LogP contribution in [0.1, 0.15) is 0 Å². The maximum Gasteiger partial charge on any atom is 0.228 e. The fraction of sp³-hybridized carbons (Fsp3) is 0.294. The first kappa shape index (κ1) is 15.4. The number of anilines is 2. The number of ether oxygens (including phenoxy) is 1. The van der Waals surface area contributed by atoms with Crippen LogP contribution >= 0.6 is 0 Å². The molecular weight excluding hydrogens is 320 g/mol. The molecule has 1 aliphatic heterocycles. The Bertz CT molecular complexity index is 813. The Morgan fingerprint density at radius 1 is 1.00 bits per heavy atom. The highest BCUT2D eigenvalue weighted by Crippen LogP contribution is 2.20. The number of aromatic nitrogens is 4. The summed E-state index contributed by atoms with van der Waals surface area (Å²) >= 11 is 0. The molecular formula is C17H18N6O2. The van der Waals surface area contributed by atoms with Gasteiger partial charge in [-0.25, -0.2) is 4.98 Å². The largest absolute Gasteiger partial charge is 0.481 e. The van der Waals surface area contributed by atoms with E-state index in [4.69, 9.17) is 9.15 Å². The molecule has 0 amide bonds. The number of hydrogen-bond donors (Lipinski definition) is 0. The Morgan fingerprint density at radius 3 is 2.52 bits per heavy atom. The van der Waals surface area contributed by atoms with Crippen LogP contribution in [0.25, 0.3) is 11.5 Å². The lowest BCUT2D eigenvalue weighted by Gasteiger charge is -2.35. The number of hydrogen-bond acceptors (Lipinski definition) is 8. The monoisotopic (exact) mass is 338 g/mol. The molecule has 128 valence electrons. The summed E-state index contributed by atoms with van der Waals surface area (Å²) in [4.78, 5) is 13.1. The predicted octanol–water partition coefficient (Wildman–Crippen LogP) is 1.86. The van der Waals surface area contributed by atoms with Crippen molar-refractivity contribution in [3.8, 4) is 17.3 Å². The van der Waals surface area contributed by atoms with Gasteiger partial charge >= 0.3 is 0 Å². The van der Waals surface area contributed by atoms with E-state index >= 15 is 0 Å². The first-order chi connectivity index (χ1) is 12.3. The molecule has 4 rings (SSSR count). The van der Waals surface area contributed by atoms with Gasteiger partial charge in [-0.1, -0.05) is 0 Å². The van der Waals surface area contributed by atoms with Crippen molar-refractivity contribution in [2.24, 2.45) is 0 Å². The highest BCUT2D eigenvalue weighted by Gasteiger charge is 2.20. The van der Waals surface area contributed by atoms with Crippen LogP contribution in [0.2, 0.25) is 0 Å². The van der Waals surface area contributed by atoms with Crippen LogP contribution in [-0.4, -0.2) is 53.5 Å². The molecule has 3 aromatic rings. The summed E-state index contributed by atoms with van der Waals surface area (Å²) in [6, 6.07) is 9.36. The van der Waals surface area contributed by atoms with Crippen LogP contribution in [0.3, 0.4) is 0 Å². The van der Waals surface area contributed by atoms with E-state index in [0.29, 0.717) is 11.8 Å². The Balaban J connectivity index is 1.41. The SMILES string of the molecule is COc1ccnc(N2CCN(c3ccc(-c4ccco4)nn3)CC2)n1. The van der Waals surface area contributed by atoms with Crippen molar-refractivity contribution in [3.05, 3.63) is 42.8 Å². The van der Waals surface area contributed by atoms with E-state index in [-0.39, 0.29) is 0 Å². The molecule has 0 atom stereocenters. The zero-order valence-electron chi connectivity index (χ0n) is 13.9. The third-order valence-electron chi connectivity index (χ3n) is 4.14. The van der Waals surface area contributed by atoms with Crippen LogP contribution in [0, 0.1) is 0 Å². The molecule has 0 radical (unpaired) electrons. The summed E-state index contributed by atoms with van der Waals surface area (Å²) in [6.07, 6.45) is 3.34. The van der Waals surface area contributed by atoms with Gasteiger partial charge in [-0.3, -0.25) is 0 Å². The minimum atomic E-state index is 0.576. The summed E-state index contributed by atoms with van der Waals surface area (Å²) in [5.74, 6) is 2.85. The first-order valence-electron chi connectivity index (χ1n) is 8.08. The van der Waals surface area contributed by atoms with Gasteiger partial charge in [-0.05, 0) is 24.3 Å². The van der Waals surface area contributed by atoms with Crippen molar-refractivity contribution >= 4 is 11.8 Å². The minimum Gasteiger partial charge on any atom is -0.481 e. The molecule has 25 heavy (non-hydrogen) atoms. The molecule has 0 aliphatic carbocycles. The van der Waals surface area contributed by atoms with Gasteiger partial charge in [0.25, 0.3) is 0 Å². The van der Waals surface area contributed by atoms with Gasteiger partial charge in [0.2, 0.25) is 11.8 Å². The van der Waals surface area contributed by atoms with Crippen molar-refractivity contribution in [1.29, 1.82) is 0 Å². The van der Waals surface area contributed by atoms with Crippen molar-refractivity contribution in [1.82, 2.24) is 20.2 Å². The normalized spacial score (nSPS) is 14.6. The van der Waals surface area contributed by atoms with E-state index in [9.17, 15) is 0 Å². The van der Waals surface area contributed by atoms with Crippen LogP contribution in [0.4, 0.5) is 11.8 Å². The van der Waals surface area contributed by atoms with Gasteiger partial charge in [-0.15, -0.1) is 10.2 Å². The average molecular weight is 338 g/mol. The molecule has 1 saturated heterocycles. The molecule has 0 N–H and O–H groups in total. The highest BCUT2D eigenvalue weighted by molar-refractivity contribution is 5.53. The number of rotatable bonds is 4. The second-order valence-corrected chi connectivity index (χ2v) is 5.63. The third kappa shape index (κ3) is 3.23. The maximum atomic E-state index is 5.34. The zero-order chi connectivity index (χ0) is 17.1. The van der Waals surface area contributed by atoms with Crippen LogP contribution in [-0.2, 0) is 0 Å². The first-order valence-corrected chi connectivity index (χ1v) is 8.08. The van der Waals surface area contributed by atoms with Gasteiger partial charge in [0.1, 0.15) is 5.69 Å². The fourth-order valence-corrected chi connectivity index (χ4v) is 2.78. The van der Waals surface area contributed by atoms with Crippen molar-refractivity contribution in [2.75, 3.05) is 43.1 Å². The molecule has 1 fully saturated rings.